The number of fused-ring (bicyclic) bond motifs is 4. The second-order valence-corrected chi connectivity index (χ2v) is 7.67. The third-order valence-corrected chi connectivity index (χ3v) is 5.86. The average molecular weight is 450 g/mol. The number of alkyl halides is 3. The smallest absolute Gasteiger partial charge is 0.377 e. The molecule has 1 amide bonds. The van der Waals surface area contributed by atoms with E-state index in [-0.39, 0.29) is 18.8 Å². The van der Waals surface area contributed by atoms with Gasteiger partial charge in [0.2, 0.25) is 0 Å². The number of amides is 1. The van der Waals surface area contributed by atoms with Crippen molar-refractivity contribution in [3.8, 4) is 11.5 Å². The summed E-state index contributed by atoms with van der Waals surface area (Å²) in [5.74, 6) is 0.466. The van der Waals surface area contributed by atoms with Gasteiger partial charge in [-0.05, 0) is 24.3 Å². The number of ether oxygens (including phenoxy) is 1. The van der Waals surface area contributed by atoms with Crippen LogP contribution in [0.25, 0.3) is 11.5 Å². The molecule has 4 heterocycles. The summed E-state index contributed by atoms with van der Waals surface area (Å²) in [7, 11) is 0. The number of halogens is 4. The summed E-state index contributed by atoms with van der Waals surface area (Å²) in [6.07, 6.45) is -3.01. The number of carbonyl (C=O) groups is 1. The lowest BCUT2D eigenvalue weighted by Crippen LogP contribution is -2.56. The Morgan fingerprint density at radius 2 is 1.97 bits per heavy atom. The fourth-order valence-electron chi connectivity index (χ4n) is 4.07. The maximum atomic E-state index is 13.3. The Bertz CT molecular complexity index is 1150. The molecule has 1 aromatic carbocycles. The van der Waals surface area contributed by atoms with Gasteiger partial charge in [-0.1, -0.05) is 23.7 Å². The van der Waals surface area contributed by atoms with E-state index < -0.39 is 34.8 Å². The molecule has 2 bridgehead atoms. The molecule has 160 valence electrons. The quantitative estimate of drug-likeness (QED) is 0.597. The predicted octanol–water partition coefficient (Wildman–Crippen LogP) is 3.61. The van der Waals surface area contributed by atoms with E-state index >= 15 is 0 Å². The zero-order valence-corrected chi connectivity index (χ0v) is 16.6. The lowest BCUT2D eigenvalue weighted by Gasteiger charge is -2.45. The molecular formula is C20H15ClF3N5O2. The number of rotatable bonds is 2. The van der Waals surface area contributed by atoms with Crippen LogP contribution in [-0.2, 0) is 17.5 Å². The summed E-state index contributed by atoms with van der Waals surface area (Å²) in [4.78, 5) is 19.2. The SMILES string of the molecule is O=C(c1cccc(C(F)(F)F)c1Cl)N1[C@H]2COC[C@@H]1c1nnc(-c3ccccn3)n1C2. The third kappa shape index (κ3) is 3.26. The second-order valence-electron chi connectivity index (χ2n) is 7.29. The number of pyridine rings is 1. The van der Waals surface area contributed by atoms with E-state index in [0.717, 1.165) is 6.07 Å². The molecule has 11 heteroatoms. The standard InChI is InChI=1S/C20H15ClF3N5O2/c21-16-12(4-3-5-13(16)20(22,23)24)19(30)29-11-8-28-17(14-6-1-2-7-25-14)26-27-18(28)15(29)10-31-9-11/h1-7,11,15H,8-10H2/t11-,15-/m1/s1. The van der Waals surface area contributed by atoms with Crippen molar-refractivity contribution in [2.45, 2.75) is 24.8 Å². The fourth-order valence-corrected chi connectivity index (χ4v) is 4.38. The van der Waals surface area contributed by atoms with Gasteiger partial charge in [0.15, 0.2) is 11.6 Å². The largest absolute Gasteiger partial charge is 0.417 e. The zero-order valence-electron chi connectivity index (χ0n) is 15.9. The van der Waals surface area contributed by atoms with Crippen molar-refractivity contribution in [1.29, 1.82) is 0 Å². The van der Waals surface area contributed by atoms with Gasteiger partial charge in [-0.2, -0.15) is 13.2 Å². The van der Waals surface area contributed by atoms with Crippen molar-refractivity contribution >= 4 is 17.5 Å². The lowest BCUT2D eigenvalue weighted by atomic mass is 10.0. The van der Waals surface area contributed by atoms with Crippen molar-refractivity contribution in [2.24, 2.45) is 0 Å². The number of benzene rings is 1. The van der Waals surface area contributed by atoms with Crippen LogP contribution in [-0.4, -0.2) is 49.8 Å². The van der Waals surface area contributed by atoms with Crippen LogP contribution in [0.5, 0.6) is 0 Å². The first-order valence-electron chi connectivity index (χ1n) is 9.47. The van der Waals surface area contributed by atoms with Crippen LogP contribution in [0.2, 0.25) is 5.02 Å². The maximum Gasteiger partial charge on any atom is 0.417 e. The van der Waals surface area contributed by atoms with Crippen LogP contribution in [0.3, 0.4) is 0 Å². The summed E-state index contributed by atoms with van der Waals surface area (Å²) >= 11 is 6.01. The molecule has 0 aliphatic carbocycles. The van der Waals surface area contributed by atoms with Gasteiger partial charge in [0.1, 0.15) is 11.7 Å². The Hall–Kier alpha value is -2.98. The first-order valence-corrected chi connectivity index (χ1v) is 9.84. The van der Waals surface area contributed by atoms with Crippen LogP contribution in [0, 0.1) is 0 Å². The number of morpholine rings is 1. The molecule has 2 aromatic heterocycles. The summed E-state index contributed by atoms with van der Waals surface area (Å²) in [5, 5.41) is 7.88. The highest BCUT2D eigenvalue weighted by atomic mass is 35.5. The molecule has 1 fully saturated rings. The maximum absolute atomic E-state index is 13.3. The summed E-state index contributed by atoms with van der Waals surface area (Å²) in [5.41, 5.74) is -0.605. The van der Waals surface area contributed by atoms with Gasteiger partial charge in [0, 0.05) is 12.7 Å². The molecule has 2 atom stereocenters. The van der Waals surface area contributed by atoms with Gasteiger partial charge >= 0.3 is 6.18 Å². The summed E-state index contributed by atoms with van der Waals surface area (Å²) < 4.78 is 47.3. The van der Waals surface area contributed by atoms with Crippen molar-refractivity contribution in [1.82, 2.24) is 24.6 Å². The van der Waals surface area contributed by atoms with Gasteiger partial charge in [-0.15, -0.1) is 10.2 Å². The molecule has 0 spiro atoms. The number of nitrogens with zero attached hydrogens (tertiary/aromatic N) is 5. The molecule has 7 nitrogen and oxygen atoms in total. The molecule has 0 unspecified atom stereocenters. The minimum absolute atomic E-state index is 0.152. The van der Waals surface area contributed by atoms with Gasteiger partial charge < -0.3 is 14.2 Å². The predicted molar refractivity (Wildman–Crippen MR) is 103 cm³/mol. The van der Waals surface area contributed by atoms with Gasteiger partial charge in [-0.3, -0.25) is 9.78 Å². The van der Waals surface area contributed by atoms with Crippen molar-refractivity contribution < 1.29 is 22.7 Å². The van der Waals surface area contributed by atoms with Crippen LogP contribution in [0.15, 0.2) is 42.6 Å². The molecule has 31 heavy (non-hydrogen) atoms. The van der Waals surface area contributed by atoms with E-state index in [0.29, 0.717) is 23.9 Å². The first-order chi connectivity index (χ1) is 14.9. The van der Waals surface area contributed by atoms with Crippen molar-refractivity contribution in [3.05, 3.63) is 64.6 Å². The Balaban J connectivity index is 1.55. The molecule has 5 rings (SSSR count). The molecule has 0 radical (unpaired) electrons. The summed E-state index contributed by atoms with van der Waals surface area (Å²) in [6, 6.07) is 7.76. The van der Waals surface area contributed by atoms with E-state index in [1.807, 2.05) is 16.7 Å². The number of hydrogen-bond donors (Lipinski definition) is 0. The Kier molecular flexibility index (Phi) is 4.71. The van der Waals surface area contributed by atoms with Crippen LogP contribution in [0.4, 0.5) is 13.2 Å². The van der Waals surface area contributed by atoms with Crippen LogP contribution < -0.4 is 0 Å². The van der Waals surface area contributed by atoms with Crippen molar-refractivity contribution in [2.75, 3.05) is 13.2 Å². The van der Waals surface area contributed by atoms with E-state index in [2.05, 4.69) is 15.2 Å². The lowest BCUT2D eigenvalue weighted by molar-refractivity contribution is -0.137. The highest BCUT2D eigenvalue weighted by Crippen LogP contribution is 2.39. The Morgan fingerprint density at radius 3 is 2.71 bits per heavy atom. The second kappa shape index (κ2) is 7.31. The molecule has 0 N–H and O–H groups in total. The molecule has 2 aliphatic rings. The third-order valence-electron chi connectivity index (χ3n) is 5.45. The zero-order chi connectivity index (χ0) is 21.8. The molecule has 2 aliphatic heterocycles. The highest BCUT2D eigenvalue weighted by molar-refractivity contribution is 6.34. The Morgan fingerprint density at radius 1 is 1.13 bits per heavy atom. The first kappa shape index (κ1) is 20.0. The van der Waals surface area contributed by atoms with Crippen LogP contribution in [0.1, 0.15) is 27.8 Å². The van der Waals surface area contributed by atoms with E-state index in [4.69, 9.17) is 16.3 Å². The number of hydrogen-bond acceptors (Lipinski definition) is 5. The Labute approximate surface area is 179 Å². The summed E-state index contributed by atoms with van der Waals surface area (Å²) in [6.45, 7) is 0.713. The minimum atomic E-state index is -4.66. The monoisotopic (exact) mass is 449 g/mol. The van der Waals surface area contributed by atoms with Gasteiger partial charge in [-0.25, -0.2) is 0 Å². The molecule has 3 aromatic rings. The van der Waals surface area contributed by atoms with E-state index in [1.165, 1.54) is 17.0 Å². The minimum Gasteiger partial charge on any atom is -0.377 e. The van der Waals surface area contributed by atoms with Crippen molar-refractivity contribution in [3.63, 3.8) is 0 Å². The number of aromatic nitrogens is 4. The van der Waals surface area contributed by atoms with Gasteiger partial charge in [0.05, 0.1) is 35.4 Å². The molecule has 0 saturated carbocycles. The molecule has 1 saturated heterocycles. The highest BCUT2D eigenvalue weighted by Gasteiger charge is 2.45. The topological polar surface area (TPSA) is 73.1 Å². The van der Waals surface area contributed by atoms with Crippen LogP contribution >= 0.6 is 11.6 Å². The van der Waals surface area contributed by atoms with E-state index in [9.17, 15) is 18.0 Å². The van der Waals surface area contributed by atoms with E-state index in [1.54, 1.807) is 12.3 Å². The fraction of sp³-hybridized carbons (Fsp3) is 0.300. The van der Waals surface area contributed by atoms with Gasteiger partial charge in [0.25, 0.3) is 5.91 Å². The average Bonchev–Trinajstić information content (AvgIpc) is 3.16. The number of carbonyl (C=O) groups excluding carboxylic acids is 1. The normalized spacial score (nSPS) is 20.5. The molecular weight excluding hydrogens is 435 g/mol.